The highest BCUT2D eigenvalue weighted by Gasteiger charge is 2.35. The number of nitrogens with zero attached hydrogens (tertiary/aromatic N) is 4. The van der Waals surface area contributed by atoms with E-state index in [1.807, 2.05) is 41.1 Å². The van der Waals surface area contributed by atoms with E-state index in [2.05, 4.69) is 35.2 Å². The zero-order valence-corrected chi connectivity index (χ0v) is 17.0. The average Bonchev–Trinajstić information content (AvgIpc) is 3.19. The molecule has 3 heterocycles. The Morgan fingerprint density at radius 2 is 1.93 bits per heavy atom. The molecule has 6 nitrogen and oxygen atoms in total. The lowest BCUT2D eigenvalue weighted by Crippen LogP contribution is -2.32. The van der Waals surface area contributed by atoms with Gasteiger partial charge in [0.05, 0.1) is 12.2 Å². The van der Waals surface area contributed by atoms with Crippen molar-refractivity contribution < 1.29 is 5.11 Å². The molecule has 0 amide bonds. The Balaban J connectivity index is 1.77. The molecule has 1 aliphatic rings. The Kier molecular flexibility index (Phi) is 4.44. The van der Waals surface area contributed by atoms with Crippen molar-refractivity contribution >= 4 is 11.6 Å². The summed E-state index contributed by atoms with van der Waals surface area (Å²) in [5.74, 6) is 0.0894. The molecule has 0 bridgehead atoms. The van der Waals surface area contributed by atoms with Gasteiger partial charge in [0.1, 0.15) is 5.69 Å². The van der Waals surface area contributed by atoms with E-state index in [0.29, 0.717) is 23.1 Å². The molecule has 0 saturated heterocycles. The number of rotatable bonds is 3. The number of fused-ring (bicyclic) bond motifs is 3. The Labute approximate surface area is 178 Å². The Morgan fingerprint density at radius 1 is 1.17 bits per heavy atom. The summed E-state index contributed by atoms with van der Waals surface area (Å²) in [7, 11) is 0. The zero-order chi connectivity index (χ0) is 20.8. The number of hydrogen-bond donors (Lipinski definition) is 1. The fraction of sp³-hybridized carbons (Fsp3) is 0.174. The molecule has 0 radical (unpaired) electrons. The van der Waals surface area contributed by atoms with E-state index in [1.54, 1.807) is 10.9 Å². The van der Waals surface area contributed by atoms with Crippen LogP contribution in [0.4, 0.5) is 0 Å². The van der Waals surface area contributed by atoms with Gasteiger partial charge in [0.15, 0.2) is 11.6 Å². The summed E-state index contributed by atoms with van der Waals surface area (Å²) < 4.78 is 3.68. The van der Waals surface area contributed by atoms with Gasteiger partial charge in [-0.15, -0.1) is 0 Å². The molecule has 2 unspecified atom stereocenters. The van der Waals surface area contributed by atoms with Gasteiger partial charge >= 0.3 is 0 Å². The van der Waals surface area contributed by atoms with Crippen LogP contribution in [0.1, 0.15) is 28.7 Å². The van der Waals surface area contributed by atoms with Gasteiger partial charge in [0.2, 0.25) is 5.43 Å². The SMILES string of the molecule is Cc1cccc(C(c2cccc(Cl)c2)C2Cn3ccnc3-c3c(O)c(=O)cnn32)c1. The third kappa shape index (κ3) is 3.00. The first-order valence-corrected chi connectivity index (χ1v) is 10.0. The minimum atomic E-state index is -0.522. The van der Waals surface area contributed by atoms with Crippen LogP contribution in [0.3, 0.4) is 0 Å². The molecule has 0 fully saturated rings. The van der Waals surface area contributed by atoms with Crippen molar-refractivity contribution in [2.75, 3.05) is 0 Å². The molecule has 0 aliphatic carbocycles. The van der Waals surface area contributed by atoms with E-state index in [9.17, 15) is 9.90 Å². The maximum absolute atomic E-state index is 12.1. The smallest absolute Gasteiger partial charge is 0.242 e. The normalized spacial score (nSPS) is 16.0. The fourth-order valence-electron chi connectivity index (χ4n) is 4.32. The monoisotopic (exact) mass is 418 g/mol. The number of imidazole rings is 1. The second-order valence-electron chi connectivity index (χ2n) is 7.57. The summed E-state index contributed by atoms with van der Waals surface area (Å²) >= 11 is 6.34. The third-order valence-corrected chi connectivity index (χ3v) is 5.84. The molecule has 2 atom stereocenters. The second-order valence-corrected chi connectivity index (χ2v) is 8.00. The van der Waals surface area contributed by atoms with Crippen molar-refractivity contribution in [1.82, 2.24) is 19.3 Å². The molecule has 150 valence electrons. The topological polar surface area (TPSA) is 72.9 Å². The molecular weight excluding hydrogens is 400 g/mol. The number of aromatic nitrogens is 4. The third-order valence-electron chi connectivity index (χ3n) is 5.61. The highest BCUT2D eigenvalue weighted by molar-refractivity contribution is 6.30. The standard InChI is InChI=1S/C23H19ClN4O2/c1-14-4-2-5-15(10-14)20(16-6-3-7-17(24)11-16)18-13-27-9-8-25-23(27)21-22(30)19(29)12-26-28(18)21/h2-12,18,20,30H,13H2,1H3. The van der Waals surface area contributed by atoms with E-state index in [1.165, 1.54) is 0 Å². The van der Waals surface area contributed by atoms with Crippen molar-refractivity contribution in [2.24, 2.45) is 0 Å². The van der Waals surface area contributed by atoms with E-state index in [0.717, 1.165) is 22.9 Å². The van der Waals surface area contributed by atoms with Gasteiger partial charge in [-0.2, -0.15) is 5.10 Å². The van der Waals surface area contributed by atoms with Crippen LogP contribution in [-0.4, -0.2) is 24.4 Å². The number of aryl methyl sites for hydroxylation is 1. The van der Waals surface area contributed by atoms with Crippen molar-refractivity contribution in [2.45, 2.75) is 25.4 Å². The molecule has 2 aromatic heterocycles. The van der Waals surface area contributed by atoms with Crippen LogP contribution in [0.5, 0.6) is 5.75 Å². The van der Waals surface area contributed by atoms with Crippen molar-refractivity contribution in [3.63, 3.8) is 0 Å². The highest BCUT2D eigenvalue weighted by Crippen LogP contribution is 2.42. The van der Waals surface area contributed by atoms with Crippen LogP contribution < -0.4 is 5.43 Å². The first kappa shape index (κ1) is 18.6. The minimum absolute atomic E-state index is 0.104. The van der Waals surface area contributed by atoms with Crippen LogP contribution in [0, 0.1) is 6.92 Å². The first-order valence-electron chi connectivity index (χ1n) is 9.67. The number of hydrogen-bond acceptors (Lipinski definition) is 4. The lowest BCUT2D eigenvalue weighted by Gasteiger charge is -2.35. The van der Waals surface area contributed by atoms with E-state index in [4.69, 9.17) is 11.6 Å². The quantitative estimate of drug-likeness (QED) is 0.542. The van der Waals surface area contributed by atoms with E-state index in [-0.39, 0.29) is 17.7 Å². The number of benzene rings is 2. The van der Waals surface area contributed by atoms with Gasteiger partial charge in [-0.25, -0.2) is 4.98 Å². The molecule has 1 aliphatic heterocycles. The summed E-state index contributed by atoms with van der Waals surface area (Å²) in [6.45, 7) is 2.64. The molecule has 4 aromatic rings. The fourth-order valence-corrected chi connectivity index (χ4v) is 4.52. The zero-order valence-electron chi connectivity index (χ0n) is 16.2. The Morgan fingerprint density at radius 3 is 2.70 bits per heavy atom. The maximum atomic E-state index is 12.1. The van der Waals surface area contributed by atoms with Crippen molar-refractivity contribution in [1.29, 1.82) is 0 Å². The average molecular weight is 419 g/mol. The minimum Gasteiger partial charge on any atom is -0.503 e. The Hall–Kier alpha value is -3.38. The van der Waals surface area contributed by atoms with Gasteiger partial charge in [-0.1, -0.05) is 53.6 Å². The largest absolute Gasteiger partial charge is 0.503 e. The van der Waals surface area contributed by atoms with Crippen molar-refractivity contribution in [3.05, 3.63) is 99.1 Å². The summed E-state index contributed by atoms with van der Waals surface area (Å²) in [6.07, 6.45) is 4.68. The van der Waals surface area contributed by atoms with Crippen LogP contribution in [0.25, 0.3) is 11.5 Å². The lowest BCUT2D eigenvalue weighted by atomic mass is 9.83. The highest BCUT2D eigenvalue weighted by atomic mass is 35.5. The van der Waals surface area contributed by atoms with Gasteiger partial charge in [-0.3, -0.25) is 9.48 Å². The second kappa shape index (κ2) is 7.15. The molecule has 7 heteroatoms. The van der Waals surface area contributed by atoms with Crippen LogP contribution >= 0.6 is 11.6 Å². The Bertz CT molecular complexity index is 1270. The predicted molar refractivity (Wildman–Crippen MR) is 115 cm³/mol. The molecule has 0 spiro atoms. The van der Waals surface area contributed by atoms with Gasteiger partial charge < -0.3 is 9.67 Å². The maximum Gasteiger partial charge on any atom is 0.242 e. The number of halogens is 1. The van der Waals surface area contributed by atoms with E-state index >= 15 is 0 Å². The molecular formula is C23H19ClN4O2. The van der Waals surface area contributed by atoms with Crippen molar-refractivity contribution in [3.8, 4) is 17.3 Å². The molecule has 1 N–H and O–H groups in total. The summed E-state index contributed by atoms with van der Waals surface area (Å²) in [6, 6.07) is 15.9. The molecule has 0 saturated carbocycles. The van der Waals surface area contributed by atoms with Crippen LogP contribution in [0.2, 0.25) is 5.02 Å². The summed E-state index contributed by atoms with van der Waals surface area (Å²) in [5.41, 5.74) is 3.11. The summed E-state index contributed by atoms with van der Waals surface area (Å²) in [5, 5.41) is 15.7. The molecule has 2 aromatic carbocycles. The predicted octanol–water partition coefficient (Wildman–Crippen LogP) is 4.16. The lowest BCUT2D eigenvalue weighted by molar-refractivity contribution is 0.331. The molecule has 5 rings (SSSR count). The van der Waals surface area contributed by atoms with E-state index < -0.39 is 5.43 Å². The van der Waals surface area contributed by atoms with Gasteiger partial charge in [0, 0.05) is 29.9 Å². The number of aromatic hydroxyl groups is 1. The van der Waals surface area contributed by atoms with Crippen LogP contribution in [0.15, 0.2) is 71.9 Å². The van der Waals surface area contributed by atoms with Crippen LogP contribution in [-0.2, 0) is 6.54 Å². The first-order chi connectivity index (χ1) is 14.5. The van der Waals surface area contributed by atoms with Gasteiger partial charge in [-0.05, 0) is 30.2 Å². The summed E-state index contributed by atoms with van der Waals surface area (Å²) in [4.78, 5) is 16.5. The van der Waals surface area contributed by atoms with Gasteiger partial charge in [0.25, 0.3) is 0 Å². The molecule has 30 heavy (non-hydrogen) atoms.